The Labute approximate surface area is 178 Å². The second-order valence-electron chi connectivity index (χ2n) is 6.83. The molecule has 1 atom stereocenters. The van der Waals surface area contributed by atoms with Gasteiger partial charge < -0.3 is 20.0 Å². The van der Waals surface area contributed by atoms with Crippen molar-refractivity contribution in [2.75, 3.05) is 26.0 Å². The second-order valence-corrected chi connectivity index (χ2v) is 7.24. The van der Waals surface area contributed by atoms with Gasteiger partial charge in [-0.15, -0.1) is 0 Å². The smallest absolute Gasteiger partial charge is 0.291 e. The zero-order chi connectivity index (χ0) is 21.7. The van der Waals surface area contributed by atoms with Gasteiger partial charge in [-0.2, -0.15) is 0 Å². The Kier molecular flexibility index (Phi) is 6.87. The lowest BCUT2D eigenvalue weighted by atomic mass is 10.0. The minimum absolute atomic E-state index is 0.170. The molecule has 2 aromatic carbocycles. The molecular weight excluding hydrogens is 409 g/mol. The molecule has 0 aliphatic rings. The number of halogens is 2. The summed E-state index contributed by atoms with van der Waals surface area (Å²) in [6, 6.07) is 13.7. The molecule has 1 unspecified atom stereocenters. The van der Waals surface area contributed by atoms with Crippen molar-refractivity contribution >= 4 is 29.1 Å². The van der Waals surface area contributed by atoms with Gasteiger partial charge in [-0.05, 0) is 62.6 Å². The lowest BCUT2D eigenvalue weighted by Crippen LogP contribution is -2.35. The zero-order valence-corrected chi connectivity index (χ0v) is 17.2. The van der Waals surface area contributed by atoms with Crippen LogP contribution in [0.25, 0.3) is 0 Å². The molecule has 3 rings (SSSR count). The van der Waals surface area contributed by atoms with E-state index < -0.39 is 11.9 Å². The molecule has 30 heavy (non-hydrogen) atoms. The van der Waals surface area contributed by atoms with Gasteiger partial charge >= 0.3 is 0 Å². The van der Waals surface area contributed by atoms with Crippen LogP contribution in [0.3, 0.4) is 0 Å². The molecule has 6 nitrogen and oxygen atoms in total. The zero-order valence-electron chi connectivity index (χ0n) is 16.5. The number of carbonyl (C=O) groups is 2. The van der Waals surface area contributed by atoms with Gasteiger partial charge in [0.25, 0.3) is 11.8 Å². The van der Waals surface area contributed by atoms with Gasteiger partial charge in [0.1, 0.15) is 5.82 Å². The standard InChI is InChI=1S/C22H21ClFN3O3/c1-27(2)18(20-16(23)5-3-6-17(20)24)13-25-21(28)14-8-10-15(11-9-14)26-22(29)19-7-4-12-30-19/h3-12,18H,13H2,1-2H3,(H,25,28)(H,26,29). The molecule has 0 fully saturated rings. The van der Waals surface area contributed by atoms with Crippen molar-refractivity contribution < 1.29 is 18.4 Å². The van der Waals surface area contributed by atoms with Gasteiger partial charge in [0.05, 0.1) is 12.3 Å². The number of amides is 2. The summed E-state index contributed by atoms with van der Waals surface area (Å²) in [4.78, 5) is 26.3. The fourth-order valence-corrected chi connectivity index (χ4v) is 3.26. The molecule has 8 heteroatoms. The molecule has 2 amide bonds. The van der Waals surface area contributed by atoms with E-state index in [0.29, 0.717) is 21.8 Å². The number of benzene rings is 2. The number of hydrogen-bond acceptors (Lipinski definition) is 4. The van der Waals surface area contributed by atoms with Gasteiger partial charge in [0, 0.05) is 28.4 Å². The molecule has 0 spiro atoms. The van der Waals surface area contributed by atoms with E-state index in [1.807, 2.05) is 0 Å². The van der Waals surface area contributed by atoms with Gasteiger partial charge in [0.2, 0.25) is 0 Å². The Balaban J connectivity index is 1.64. The first kappa shape index (κ1) is 21.5. The highest BCUT2D eigenvalue weighted by Crippen LogP contribution is 2.28. The molecule has 156 valence electrons. The number of carbonyl (C=O) groups excluding carboxylic acids is 2. The van der Waals surface area contributed by atoms with E-state index in [9.17, 15) is 14.0 Å². The van der Waals surface area contributed by atoms with E-state index in [1.54, 1.807) is 67.5 Å². The monoisotopic (exact) mass is 429 g/mol. The summed E-state index contributed by atoms with van der Waals surface area (Å²) < 4.78 is 19.3. The Morgan fingerprint density at radius 1 is 1.07 bits per heavy atom. The van der Waals surface area contributed by atoms with Gasteiger partial charge in [0.15, 0.2) is 5.76 Å². The van der Waals surface area contributed by atoms with Crippen LogP contribution in [0.4, 0.5) is 10.1 Å². The van der Waals surface area contributed by atoms with Crippen molar-refractivity contribution in [2.45, 2.75) is 6.04 Å². The van der Waals surface area contributed by atoms with Gasteiger partial charge in [-0.25, -0.2) is 4.39 Å². The molecule has 0 aliphatic heterocycles. The first-order valence-corrected chi connectivity index (χ1v) is 9.58. The highest BCUT2D eigenvalue weighted by molar-refractivity contribution is 6.31. The predicted octanol–water partition coefficient (Wildman–Crippen LogP) is 4.36. The highest BCUT2D eigenvalue weighted by Gasteiger charge is 2.22. The summed E-state index contributed by atoms with van der Waals surface area (Å²) in [6.07, 6.45) is 1.41. The largest absolute Gasteiger partial charge is 0.459 e. The lowest BCUT2D eigenvalue weighted by Gasteiger charge is -2.26. The minimum atomic E-state index is -0.436. The van der Waals surface area contributed by atoms with E-state index in [0.717, 1.165) is 0 Å². The van der Waals surface area contributed by atoms with Crippen LogP contribution in [0.15, 0.2) is 65.3 Å². The molecule has 1 heterocycles. The number of anilines is 1. The molecule has 1 aromatic heterocycles. The Hall–Kier alpha value is -3.16. The molecule has 0 saturated carbocycles. The van der Waals surface area contributed by atoms with Crippen molar-refractivity contribution in [3.8, 4) is 0 Å². The molecule has 0 radical (unpaired) electrons. The number of nitrogens with one attached hydrogen (secondary N) is 2. The van der Waals surface area contributed by atoms with E-state index >= 15 is 0 Å². The SMILES string of the molecule is CN(C)C(CNC(=O)c1ccc(NC(=O)c2ccco2)cc1)c1c(F)cccc1Cl. The van der Waals surface area contributed by atoms with Crippen molar-refractivity contribution in [3.63, 3.8) is 0 Å². The fourth-order valence-electron chi connectivity index (χ4n) is 2.97. The maximum Gasteiger partial charge on any atom is 0.291 e. The highest BCUT2D eigenvalue weighted by atomic mass is 35.5. The Morgan fingerprint density at radius 3 is 2.40 bits per heavy atom. The molecule has 2 N–H and O–H groups in total. The van der Waals surface area contributed by atoms with Gasteiger partial charge in [-0.1, -0.05) is 17.7 Å². The predicted molar refractivity (Wildman–Crippen MR) is 113 cm³/mol. The number of hydrogen-bond donors (Lipinski definition) is 2. The summed E-state index contributed by atoms with van der Waals surface area (Å²) >= 11 is 6.18. The minimum Gasteiger partial charge on any atom is -0.459 e. The third-order valence-corrected chi connectivity index (χ3v) is 4.89. The number of rotatable bonds is 7. The van der Waals surface area contributed by atoms with E-state index in [4.69, 9.17) is 16.0 Å². The first-order chi connectivity index (χ1) is 14.4. The van der Waals surface area contributed by atoms with Crippen LogP contribution in [0.2, 0.25) is 5.02 Å². The van der Waals surface area contributed by atoms with Crippen LogP contribution in [0.5, 0.6) is 0 Å². The second kappa shape index (κ2) is 9.56. The normalized spacial score (nSPS) is 11.9. The fraction of sp³-hybridized carbons (Fsp3) is 0.182. The maximum atomic E-state index is 14.3. The summed E-state index contributed by atoms with van der Waals surface area (Å²) in [6.45, 7) is 0.170. The third-order valence-electron chi connectivity index (χ3n) is 4.56. The summed E-state index contributed by atoms with van der Waals surface area (Å²) in [7, 11) is 3.58. The molecule has 0 aliphatic carbocycles. The van der Waals surface area contributed by atoms with Crippen molar-refractivity contribution in [1.82, 2.24) is 10.2 Å². The molecular formula is C22H21ClFN3O3. The van der Waals surface area contributed by atoms with Crippen molar-refractivity contribution in [3.05, 3.63) is 88.6 Å². The van der Waals surface area contributed by atoms with Crippen LogP contribution in [0.1, 0.15) is 32.5 Å². The Morgan fingerprint density at radius 2 is 1.80 bits per heavy atom. The maximum absolute atomic E-state index is 14.3. The van der Waals surface area contributed by atoms with Crippen LogP contribution in [-0.4, -0.2) is 37.4 Å². The van der Waals surface area contributed by atoms with E-state index in [2.05, 4.69) is 10.6 Å². The topological polar surface area (TPSA) is 74.6 Å². The van der Waals surface area contributed by atoms with E-state index in [-0.39, 0.29) is 24.1 Å². The van der Waals surface area contributed by atoms with Crippen molar-refractivity contribution in [1.29, 1.82) is 0 Å². The molecule has 3 aromatic rings. The number of likely N-dealkylation sites (N-methyl/N-ethyl adjacent to an activating group) is 1. The lowest BCUT2D eigenvalue weighted by molar-refractivity contribution is 0.0940. The summed E-state index contributed by atoms with van der Waals surface area (Å²) in [5.74, 6) is -0.934. The average Bonchev–Trinajstić information content (AvgIpc) is 3.25. The Bertz CT molecular complexity index is 1000. The molecule has 0 saturated heterocycles. The number of furan rings is 1. The average molecular weight is 430 g/mol. The molecule has 0 bridgehead atoms. The summed E-state index contributed by atoms with van der Waals surface area (Å²) in [5, 5.41) is 5.80. The van der Waals surface area contributed by atoms with Crippen LogP contribution < -0.4 is 10.6 Å². The van der Waals surface area contributed by atoms with Crippen LogP contribution in [-0.2, 0) is 0 Å². The number of nitrogens with zero attached hydrogens (tertiary/aromatic N) is 1. The van der Waals surface area contributed by atoms with Gasteiger partial charge in [-0.3, -0.25) is 9.59 Å². The van der Waals surface area contributed by atoms with E-state index in [1.165, 1.54) is 12.3 Å². The quantitative estimate of drug-likeness (QED) is 0.585. The third kappa shape index (κ3) is 5.06. The first-order valence-electron chi connectivity index (χ1n) is 9.20. The van der Waals surface area contributed by atoms with Crippen LogP contribution in [0, 0.1) is 5.82 Å². The van der Waals surface area contributed by atoms with Crippen LogP contribution >= 0.6 is 11.6 Å². The van der Waals surface area contributed by atoms with Crippen molar-refractivity contribution in [2.24, 2.45) is 0 Å². The summed E-state index contributed by atoms with van der Waals surface area (Å²) in [5.41, 5.74) is 1.26.